The van der Waals surface area contributed by atoms with Crippen LogP contribution in [0.3, 0.4) is 0 Å². The molecule has 1 amide bonds. The number of nitrogens with one attached hydrogen (secondary N) is 1. The van der Waals surface area contributed by atoms with Gasteiger partial charge in [-0.05, 0) is 31.5 Å². The molecule has 102 valence electrons. The molecule has 1 atom stereocenters. The second-order valence-corrected chi connectivity index (χ2v) is 4.25. The Hall–Kier alpha value is -1.86. The first kappa shape index (κ1) is 15.2. The van der Waals surface area contributed by atoms with Crippen LogP contribution in [-0.4, -0.2) is 23.7 Å². The fraction of sp³-hybridized carbons (Fsp3) is 0.400. The van der Waals surface area contributed by atoms with Crippen LogP contribution in [-0.2, 0) is 0 Å². The second-order valence-electron chi connectivity index (χ2n) is 4.25. The molecule has 0 aliphatic carbocycles. The van der Waals surface area contributed by atoms with Gasteiger partial charge in [-0.15, -0.1) is 0 Å². The van der Waals surface area contributed by atoms with Crippen LogP contribution >= 0.6 is 0 Å². The van der Waals surface area contributed by atoms with E-state index in [1.165, 1.54) is 12.1 Å². The van der Waals surface area contributed by atoms with Crippen molar-refractivity contribution in [3.8, 4) is 11.8 Å². The number of hydrogen-bond donors (Lipinski definition) is 2. The lowest BCUT2D eigenvalue weighted by atomic mass is 10.1. The maximum atomic E-state index is 13.7. The predicted octanol–water partition coefficient (Wildman–Crippen LogP) is 2.09. The van der Waals surface area contributed by atoms with Gasteiger partial charge >= 0.3 is 0 Å². The lowest BCUT2D eigenvalue weighted by molar-refractivity contribution is 0.0939. The summed E-state index contributed by atoms with van der Waals surface area (Å²) in [6, 6.07) is 4.26. The molecule has 3 nitrogen and oxygen atoms in total. The number of aliphatic hydroxyl groups excluding tert-OH is 1. The highest BCUT2D eigenvalue weighted by atomic mass is 19.1. The number of hydrogen-bond acceptors (Lipinski definition) is 2. The van der Waals surface area contributed by atoms with Crippen LogP contribution in [0.5, 0.6) is 0 Å². The first-order valence-electron chi connectivity index (χ1n) is 6.28. The molecule has 0 aliphatic heterocycles. The van der Waals surface area contributed by atoms with Crippen molar-refractivity contribution in [2.45, 2.75) is 32.7 Å². The van der Waals surface area contributed by atoms with Crippen molar-refractivity contribution >= 4 is 5.91 Å². The lowest BCUT2D eigenvalue weighted by Gasteiger charge is -2.11. The molecule has 0 saturated carbocycles. The summed E-state index contributed by atoms with van der Waals surface area (Å²) in [5.41, 5.74) is 0.513. The predicted molar refractivity (Wildman–Crippen MR) is 72.2 cm³/mol. The van der Waals surface area contributed by atoms with Crippen molar-refractivity contribution in [1.29, 1.82) is 0 Å². The Kier molecular flexibility index (Phi) is 6.04. The van der Waals surface area contributed by atoms with E-state index in [9.17, 15) is 9.18 Å². The first-order chi connectivity index (χ1) is 9.08. The van der Waals surface area contributed by atoms with E-state index < -0.39 is 5.82 Å². The van der Waals surface area contributed by atoms with Gasteiger partial charge in [0.15, 0.2) is 0 Å². The summed E-state index contributed by atoms with van der Waals surface area (Å²) >= 11 is 0. The number of aliphatic hydroxyl groups is 1. The topological polar surface area (TPSA) is 49.3 Å². The molecule has 0 saturated heterocycles. The Labute approximate surface area is 112 Å². The molecule has 0 bridgehead atoms. The summed E-state index contributed by atoms with van der Waals surface area (Å²) in [7, 11) is 0. The van der Waals surface area contributed by atoms with E-state index >= 15 is 0 Å². The van der Waals surface area contributed by atoms with Crippen molar-refractivity contribution < 1.29 is 14.3 Å². The van der Waals surface area contributed by atoms with Crippen molar-refractivity contribution in [2.75, 3.05) is 6.61 Å². The van der Waals surface area contributed by atoms with Gasteiger partial charge in [-0.2, -0.15) is 0 Å². The molecule has 1 rings (SSSR count). The summed E-state index contributed by atoms with van der Waals surface area (Å²) in [5, 5.41) is 11.4. The van der Waals surface area contributed by atoms with E-state index in [-0.39, 0.29) is 29.7 Å². The van der Waals surface area contributed by atoms with Crippen LogP contribution in [0.1, 0.15) is 42.6 Å². The van der Waals surface area contributed by atoms with E-state index in [0.29, 0.717) is 6.42 Å². The minimum Gasteiger partial charge on any atom is -0.395 e. The van der Waals surface area contributed by atoms with E-state index in [4.69, 9.17) is 5.11 Å². The Morgan fingerprint density at radius 3 is 2.84 bits per heavy atom. The third kappa shape index (κ3) is 4.72. The number of rotatable bonds is 4. The van der Waals surface area contributed by atoms with Gasteiger partial charge in [-0.25, -0.2) is 4.39 Å². The van der Waals surface area contributed by atoms with Crippen LogP contribution < -0.4 is 5.32 Å². The number of amides is 1. The number of carbonyl (C=O) groups is 1. The Bertz CT molecular complexity index is 503. The van der Waals surface area contributed by atoms with Gasteiger partial charge in [0.1, 0.15) is 5.82 Å². The summed E-state index contributed by atoms with van der Waals surface area (Å²) in [6.07, 6.45) is 1.12. The van der Waals surface area contributed by atoms with Gasteiger partial charge < -0.3 is 10.4 Å². The van der Waals surface area contributed by atoms with Crippen LogP contribution in [0, 0.1) is 17.7 Å². The molecule has 19 heavy (non-hydrogen) atoms. The molecule has 0 spiro atoms. The average Bonchev–Trinajstić information content (AvgIpc) is 2.40. The van der Waals surface area contributed by atoms with Gasteiger partial charge in [-0.3, -0.25) is 4.79 Å². The van der Waals surface area contributed by atoms with Gasteiger partial charge in [0.05, 0.1) is 12.2 Å². The monoisotopic (exact) mass is 263 g/mol. The van der Waals surface area contributed by atoms with E-state index in [1.807, 2.05) is 13.8 Å². The summed E-state index contributed by atoms with van der Waals surface area (Å²) in [5.74, 6) is 4.44. The molecule has 0 aliphatic rings. The molecule has 0 aromatic heterocycles. The van der Waals surface area contributed by atoms with Crippen LogP contribution in [0.25, 0.3) is 0 Å². The Morgan fingerprint density at radius 1 is 1.53 bits per heavy atom. The summed E-state index contributed by atoms with van der Waals surface area (Å²) in [6.45, 7) is 3.80. The molecule has 1 aromatic carbocycles. The fourth-order valence-electron chi connectivity index (χ4n) is 1.38. The molecular formula is C15H18FNO2. The van der Waals surface area contributed by atoms with Crippen LogP contribution in [0.4, 0.5) is 4.39 Å². The third-order valence-electron chi connectivity index (χ3n) is 2.68. The first-order valence-corrected chi connectivity index (χ1v) is 6.28. The Morgan fingerprint density at radius 2 is 2.26 bits per heavy atom. The average molecular weight is 263 g/mol. The maximum Gasteiger partial charge on any atom is 0.251 e. The maximum absolute atomic E-state index is 13.7. The highest BCUT2D eigenvalue weighted by Crippen LogP contribution is 2.10. The van der Waals surface area contributed by atoms with Crippen molar-refractivity contribution in [1.82, 2.24) is 5.32 Å². The van der Waals surface area contributed by atoms with E-state index in [1.54, 1.807) is 6.07 Å². The molecule has 1 unspecified atom stereocenters. The second kappa shape index (κ2) is 7.55. The lowest BCUT2D eigenvalue weighted by Crippen LogP contribution is -2.31. The highest BCUT2D eigenvalue weighted by Gasteiger charge is 2.10. The normalized spacial score (nSPS) is 11.4. The van der Waals surface area contributed by atoms with E-state index in [0.717, 1.165) is 6.42 Å². The zero-order valence-electron chi connectivity index (χ0n) is 11.2. The quantitative estimate of drug-likeness (QED) is 0.817. The van der Waals surface area contributed by atoms with Gasteiger partial charge in [-0.1, -0.05) is 18.8 Å². The molecule has 0 radical (unpaired) electrons. The minimum atomic E-state index is -0.526. The van der Waals surface area contributed by atoms with E-state index in [2.05, 4.69) is 17.2 Å². The molecule has 4 heteroatoms. The molecule has 1 aromatic rings. The van der Waals surface area contributed by atoms with Crippen LogP contribution in [0.2, 0.25) is 0 Å². The SMILES string of the molecule is CCC(C)NC(=O)c1ccc(C#CCCO)c(F)c1. The number of carbonyl (C=O) groups excluding carboxylic acids is 1. The summed E-state index contributed by atoms with van der Waals surface area (Å²) in [4.78, 5) is 11.8. The highest BCUT2D eigenvalue weighted by molar-refractivity contribution is 5.94. The number of halogens is 1. The molecule has 2 N–H and O–H groups in total. The van der Waals surface area contributed by atoms with Crippen molar-refractivity contribution in [2.24, 2.45) is 0 Å². The largest absolute Gasteiger partial charge is 0.395 e. The minimum absolute atomic E-state index is 0.0516. The third-order valence-corrected chi connectivity index (χ3v) is 2.68. The van der Waals surface area contributed by atoms with Gasteiger partial charge in [0.2, 0.25) is 0 Å². The number of benzene rings is 1. The summed E-state index contributed by atoms with van der Waals surface area (Å²) < 4.78 is 13.7. The van der Waals surface area contributed by atoms with Crippen molar-refractivity contribution in [3.05, 3.63) is 35.1 Å². The smallest absolute Gasteiger partial charge is 0.251 e. The fourth-order valence-corrected chi connectivity index (χ4v) is 1.38. The molecular weight excluding hydrogens is 245 g/mol. The zero-order chi connectivity index (χ0) is 14.3. The van der Waals surface area contributed by atoms with Gasteiger partial charge in [0.25, 0.3) is 5.91 Å². The Balaban J connectivity index is 2.82. The van der Waals surface area contributed by atoms with Gasteiger partial charge in [0, 0.05) is 18.0 Å². The van der Waals surface area contributed by atoms with Crippen LogP contribution in [0.15, 0.2) is 18.2 Å². The molecule has 0 heterocycles. The zero-order valence-corrected chi connectivity index (χ0v) is 11.2. The molecule has 0 fully saturated rings. The van der Waals surface area contributed by atoms with Crippen molar-refractivity contribution in [3.63, 3.8) is 0 Å². The standard InChI is InChI=1S/C15H18FNO2/c1-3-11(2)17-15(19)13-8-7-12(14(16)10-13)6-4-5-9-18/h7-8,10-11,18H,3,5,9H2,1-2H3,(H,17,19).